The predicted molar refractivity (Wildman–Crippen MR) is 97.1 cm³/mol. The molecule has 1 amide bonds. The zero-order valence-electron chi connectivity index (χ0n) is 14.0. The van der Waals surface area contributed by atoms with Gasteiger partial charge in [0.1, 0.15) is 0 Å². The molecule has 3 heteroatoms. The fourth-order valence-corrected chi connectivity index (χ4v) is 3.88. The molecule has 24 heavy (non-hydrogen) atoms. The van der Waals surface area contributed by atoms with Crippen molar-refractivity contribution in [2.45, 2.75) is 32.2 Å². The summed E-state index contributed by atoms with van der Waals surface area (Å²) in [6.45, 7) is 2.97. The van der Waals surface area contributed by atoms with E-state index in [1.54, 1.807) is 0 Å². The second kappa shape index (κ2) is 6.16. The van der Waals surface area contributed by atoms with Crippen molar-refractivity contribution >= 4 is 16.8 Å². The molecule has 2 aromatic carbocycles. The van der Waals surface area contributed by atoms with Gasteiger partial charge in [-0.05, 0) is 36.6 Å². The first kappa shape index (κ1) is 15.0. The van der Waals surface area contributed by atoms with Crippen LogP contribution in [0.2, 0.25) is 0 Å². The first-order chi connectivity index (χ1) is 11.8. The van der Waals surface area contributed by atoms with Gasteiger partial charge in [0.15, 0.2) is 0 Å². The number of aromatic amines is 1. The van der Waals surface area contributed by atoms with E-state index in [2.05, 4.69) is 41.1 Å². The van der Waals surface area contributed by atoms with Crippen molar-refractivity contribution in [1.82, 2.24) is 9.88 Å². The Hall–Kier alpha value is -2.55. The van der Waals surface area contributed by atoms with Crippen molar-refractivity contribution in [2.24, 2.45) is 0 Å². The zero-order valence-corrected chi connectivity index (χ0v) is 14.0. The molecule has 0 aliphatic carbocycles. The molecule has 0 fully saturated rings. The van der Waals surface area contributed by atoms with Gasteiger partial charge in [-0.15, -0.1) is 0 Å². The zero-order chi connectivity index (χ0) is 16.5. The van der Waals surface area contributed by atoms with E-state index in [4.69, 9.17) is 0 Å². The lowest BCUT2D eigenvalue weighted by Gasteiger charge is -2.36. The molecule has 122 valence electrons. The molecule has 3 nitrogen and oxygen atoms in total. The number of nitrogens with one attached hydrogen (secondary N) is 1. The number of aromatic nitrogens is 1. The van der Waals surface area contributed by atoms with Gasteiger partial charge in [-0.2, -0.15) is 0 Å². The van der Waals surface area contributed by atoms with E-state index in [1.165, 1.54) is 22.2 Å². The molecule has 1 aromatic heterocycles. The number of carbonyl (C=O) groups is 1. The highest BCUT2D eigenvalue weighted by Crippen LogP contribution is 2.37. The van der Waals surface area contributed by atoms with Gasteiger partial charge in [-0.1, -0.05) is 49.7 Å². The maximum Gasteiger partial charge on any atom is 0.254 e. The molecule has 1 aliphatic rings. The second-order valence-electron chi connectivity index (χ2n) is 6.48. The quantitative estimate of drug-likeness (QED) is 0.746. The minimum Gasteiger partial charge on any atom is -0.356 e. The average Bonchev–Trinajstić information content (AvgIpc) is 3.01. The molecule has 1 atom stereocenters. The molecule has 0 saturated carbocycles. The Morgan fingerprint density at radius 2 is 1.88 bits per heavy atom. The third-order valence-electron chi connectivity index (χ3n) is 5.00. The van der Waals surface area contributed by atoms with Crippen molar-refractivity contribution < 1.29 is 4.79 Å². The number of H-pyrrole nitrogens is 1. The monoisotopic (exact) mass is 318 g/mol. The van der Waals surface area contributed by atoms with Crippen LogP contribution < -0.4 is 0 Å². The summed E-state index contributed by atoms with van der Waals surface area (Å²) in [5.74, 6) is 0.137. The van der Waals surface area contributed by atoms with Gasteiger partial charge in [0, 0.05) is 28.7 Å². The second-order valence-corrected chi connectivity index (χ2v) is 6.48. The van der Waals surface area contributed by atoms with E-state index >= 15 is 0 Å². The van der Waals surface area contributed by atoms with Gasteiger partial charge >= 0.3 is 0 Å². The van der Waals surface area contributed by atoms with E-state index in [9.17, 15) is 4.79 Å². The van der Waals surface area contributed by atoms with Crippen molar-refractivity contribution in [3.8, 4) is 0 Å². The summed E-state index contributed by atoms with van der Waals surface area (Å²) < 4.78 is 0. The number of amides is 1. The molecule has 0 bridgehead atoms. The smallest absolute Gasteiger partial charge is 0.254 e. The highest BCUT2D eigenvalue weighted by Gasteiger charge is 2.32. The van der Waals surface area contributed by atoms with Crippen LogP contribution in [0, 0.1) is 0 Å². The first-order valence-corrected chi connectivity index (χ1v) is 8.75. The molecule has 4 rings (SSSR count). The molecular formula is C21H22N2O. The van der Waals surface area contributed by atoms with Crippen molar-refractivity contribution in [3.05, 3.63) is 71.4 Å². The molecular weight excluding hydrogens is 296 g/mol. The Bertz CT molecular complexity index is 866. The summed E-state index contributed by atoms with van der Waals surface area (Å²) in [6.07, 6.45) is 2.95. The Labute approximate surface area is 142 Å². The van der Waals surface area contributed by atoms with Crippen molar-refractivity contribution in [1.29, 1.82) is 0 Å². The maximum atomic E-state index is 13.0. The third kappa shape index (κ3) is 2.41. The summed E-state index contributed by atoms with van der Waals surface area (Å²) >= 11 is 0. The van der Waals surface area contributed by atoms with E-state index in [-0.39, 0.29) is 11.9 Å². The standard InChI is InChI=1S/C21H22N2O/c1-2-8-19-20-17(16-11-6-7-12-18(16)22-20)13-14-23(19)21(24)15-9-4-3-5-10-15/h3-7,9-12,19,22H,2,8,13-14H2,1H3. The summed E-state index contributed by atoms with van der Waals surface area (Å²) in [5.41, 5.74) is 4.57. The van der Waals surface area contributed by atoms with Crippen LogP contribution in [0.15, 0.2) is 54.6 Å². The van der Waals surface area contributed by atoms with Gasteiger partial charge in [0.2, 0.25) is 0 Å². The lowest BCUT2D eigenvalue weighted by molar-refractivity contribution is 0.0646. The Kier molecular flexibility index (Phi) is 3.85. The molecule has 1 N–H and O–H groups in total. The van der Waals surface area contributed by atoms with Gasteiger partial charge in [-0.3, -0.25) is 4.79 Å². The van der Waals surface area contributed by atoms with Crippen LogP contribution in [-0.4, -0.2) is 22.3 Å². The van der Waals surface area contributed by atoms with Crippen LogP contribution in [0.1, 0.15) is 47.4 Å². The van der Waals surface area contributed by atoms with Crippen LogP contribution in [0.5, 0.6) is 0 Å². The average molecular weight is 318 g/mol. The molecule has 3 aromatic rings. The van der Waals surface area contributed by atoms with Crippen molar-refractivity contribution in [3.63, 3.8) is 0 Å². The lowest BCUT2D eigenvalue weighted by Crippen LogP contribution is -2.40. The number of fused-ring (bicyclic) bond motifs is 3. The Morgan fingerprint density at radius 3 is 2.67 bits per heavy atom. The fraction of sp³-hybridized carbons (Fsp3) is 0.286. The number of carbonyl (C=O) groups excluding carboxylic acids is 1. The summed E-state index contributed by atoms with van der Waals surface area (Å²) in [5, 5.41) is 1.31. The molecule has 0 spiro atoms. The molecule has 0 saturated heterocycles. The normalized spacial score (nSPS) is 17.0. The van der Waals surface area contributed by atoms with E-state index in [1.807, 2.05) is 30.3 Å². The number of para-hydroxylation sites is 1. The molecule has 0 radical (unpaired) electrons. The van der Waals surface area contributed by atoms with Crippen LogP contribution in [-0.2, 0) is 6.42 Å². The minimum absolute atomic E-state index is 0.137. The van der Waals surface area contributed by atoms with Crippen LogP contribution in [0.3, 0.4) is 0 Å². The largest absolute Gasteiger partial charge is 0.356 e. The topological polar surface area (TPSA) is 36.1 Å². The minimum atomic E-state index is 0.137. The molecule has 1 aliphatic heterocycles. The summed E-state index contributed by atoms with van der Waals surface area (Å²) in [6, 6.07) is 18.2. The Balaban J connectivity index is 1.76. The predicted octanol–water partition coefficient (Wildman–Crippen LogP) is 4.71. The van der Waals surface area contributed by atoms with Gasteiger partial charge in [-0.25, -0.2) is 0 Å². The number of hydrogen-bond acceptors (Lipinski definition) is 1. The molecule has 1 unspecified atom stereocenters. The van der Waals surface area contributed by atoms with Gasteiger partial charge in [0.05, 0.1) is 6.04 Å². The Morgan fingerprint density at radius 1 is 1.12 bits per heavy atom. The number of nitrogens with zero attached hydrogens (tertiary/aromatic N) is 1. The van der Waals surface area contributed by atoms with E-state index in [0.29, 0.717) is 0 Å². The van der Waals surface area contributed by atoms with Gasteiger partial charge in [0.25, 0.3) is 5.91 Å². The van der Waals surface area contributed by atoms with Gasteiger partial charge < -0.3 is 9.88 Å². The van der Waals surface area contributed by atoms with Crippen molar-refractivity contribution in [2.75, 3.05) is 6.54 Å². The van der Waals surface area contributed by atoms with E-state index in [0.717, 1.165) is 31.4 Å². The number of rotatable bonds is 3. The van der Waals surface area contributed by atoms with Crippen LogP contribution in [0.4, 0.5) is 0 Å². The summed E-state index contributed by atoms with van der Waals surface area (Å²) in [7, 11) is 0. The number of benzene rings is 2. The van der Waals surface area contributed by atoms with E-state index < -0.39 is 0 Å². The highest BCUT2D eigenvalue weighted by atomic mass is 16.2. The van der Waals surface area contributed by atoms with Crippen LogP contribution in [0.25, 0.3) is 10.9 Å². The third-order valence-corrected chi connectivity index (χ3v) is 5.00. The summed E-state index contributed by atoms with van der Waals surface area (Å²) in [4.78, 5) is 18.7. The maximum absolute atomic E-state index is 13.0. The lowest BCUT2D eigenvalue weighted by atomic mass is 9.94. The number of hydrogen-bond donors (Lipinski definition) is 1. The molecule has 2 heterocycles. The van der Waals surface area contributed by atoms with Crippen LogP contribution >= 0.6 is 0 Å². The highest BCUT2D eigenvalue weighted by molar-refractivity contribution is 5.95. The SMILES string of the molecule is CCCC1c2[nH]c3ccccc3c2CCN1C(=O)c1ccccc1. The first-order valence-electron chi connectivity index (χ1n) is 8.75. The fourth-order valence-electron chi connectivity index (χ4n) is 3.88.